The van der Waals surface area contributed by atoms with Crippen LogP contribution in [0.15, 0.2) is 0 Å². The van der Waals surface area contributed by atoms with Gasteiger partial charge >= 0.3 is 33.6 Å². The summed E-state index contributed by atoms with van der Waals surface area (Å²) in [4.78, 5) is 23.1. The van der Waals surface area contributed by atoms with Crippen LogP contribution in [-0.4, -0.2) is 69.8 Å². The number of aromatic nitrogens is 3. The summed E-state index contributed by atoms with van der Waals surface area (Å²) in [7, 11) is -0.134. The Morgan fingerprint density at radius 1 is 0.970 bits per heavy atom. The summed E-state index contributed by atoms with van der Waals surface area (Å²) in [5.41, 5.74) is -5.77. The predicted octanol–water partition coefficient (Wildman–Crippen LogP) is 2.54. The summed E-state index contributed by atoms with van der Waals surface area (Å²) < 4.78 is 79.6. The van der Waals surface area contributed by atoms with E-state index in [4.69, 9.17) is 14.2 Å². The molecule has 1 atom stereocenters. The summed E-state index contributed by atoms with van der Waals surface area (Å²) in [5.74, 6) is -2.19. The number of halogens is 3. The molecule has 0 radical (unpaired) electrons. The zero-order chi connectivity index (χ0) is 25.5. The van der Waals surface area contributed by atoms with Crippen molar-refractivity contribution in [3.05, 3.63) is 5.82 Å². The van der Waals surface area contributed by atoms with Crippen LogP contribution >= 0.6 is 0 Å². The number of ether oxygens (including phenoxy) is 3. The number of nitrogens with zero attached hydrogens (tertiary/aromatic N) is 3. The molecule has 0 amide bonds. The number of esters is 1. The van der Waals surface area contributed by atoms with Crippen molar-refractivity contribution in [2.75, 3.05) is 34.9 Å². The highest BCUT2D eigenvalue weighted by atomic mass is 32.2. The third-order valence-electron chi connectivity index (χ3n) is 3.67. The van der Waals surface area contributed by atoms with Crippen molar-refractivity contribution in [1.29, 1.82) is 0 Å². The largest absolute Gasteiger partial charge is 0.523 e. The standard InChI is InChI=1S/C16H24F3N3O7S.C2H7N/c1-4-5-6-7-8-9-10-28-13(23)11(29-30(24,25)16(17,18)19)12-20-14(26-2)22-15(21-12)27-3;1-3-2/h11H,4-10H2,1-3H3;3H,1-2H3. The molecule has 0 aliphatic rings. The second-order valence-corrected chi connectivity index (χ2v) is 8.04. The van der Waals surface area contributed by atoms with Gasteiger partial charge in [-0.2, -0.15) is 31.6 Å². The van der Waals surface area contributed by atoms with Crippen LogP contribution in [0, 0.1) is 0 Å². The lowest BCUT2D eigenvalue weighted by Gasteiger charge is -2.17. The van der Waals surface area contributed by atoms with E-state index in [-0.39, 0.29) is 6.61 Å². The molecule has 15 heteroatoms. The third kappa shape index (κ3) is 11.4. The minimum atomic E-state index is -6.16. The summed E-state index contributed by atoms with van der Waals surface area (Å²) in [6, 6.07) is -0.864. The van der Waals surface area contributed by atoms with Crippen molar-refractivity contribution in [1.82, 2.24) is 20.3 Å². The van der Waals surface area contributed by atoms with E-state index in [0.717, 1.165) is 46.3 Å². The molecule has 192 valence electrons. The SMILES string of the molecule is CCCCCCCCOC(=O)C(OS(=O)(=O)C(F)(F)F)c1nc(OC)nc(OC)n1.CNC. The molecule has 1 unspecified atom stereocenters. The number of carbonyl (C=O) groups excluding carboxylic acids is 1. The Kier molecular flexibility index (Phi) is 14.5. The molecule has 1 aromatic heterocycles. The van der Waals surface area contributed by atoms with Crippen LogP contribution in [0.4, 0.5) is 13.2 Å². The molecule has 0 spiro atoms. The monoisotopic (exact) mass is 504 g/mol. The highest BCUT2D eigenvalue weighted by Crippen LogP contribution is 2.30. The van der Waals surface area contributed by atoms with Gasteiger partial charge in [-0.3, -0.25) is 0 Å². The molecule has 0 bridgehead atoms. The number of rotatable bonds is 13. The minimum absolute atomic E-state index is 0.143. The van der Waals surface area contributed by atoms with Gasteiger partial charge in [-0.25, -0.2) is 8.98 Å². The van der Waals surface area contributed by atoms with E-state index < -0.39 is 45.5 Å². The van der Waals surface area contributed by atoms with Crippen molar-refractivity contribution >= 4 is 16.1 Å². The van der Waals surface area contributed by atoms with E-state index in [2.05, 4.69) is 31.4 Å². The fourth-order valence-electron chi connectivity index (χ4n) is 2.15. The van der Waals surface area contributed by atoms with E-state index in [9.17, 15) is 26.4 Å². The van der Waals surface area contributed by atoms with Crippen molar-refractivity contribution < 1.29 is 44.8 Å². The molecular formula is C18H31F3N4O7S. The van der Waals surface area contributed by atoms with Crippen LogP contribution in [0.1, 0.15) is 57.4 Å². The molecule has 0 aromatic carbocycles. The Bertz CT molecular complexity index is 788. The van der Waals surface area contributed by atoms with E-state index in [1.54, 1.807) is 0 Å². The first kappa shape index (κ1) is 30.7. The van der Waals surface area contributed by atoms with Gasteiger partial charge in [-0.1, -0.05) is 39.0 Å². The number of alkyl halides is 3. The number of nitrogens with one attached hydrogen (secondary N) is 1. The third-order valence-corrected chi connectivity index (χ3v) is 4.69. The molecule has 1 aromatic rings. The van der Waals surface area contributed by atoms with Gasteiger partial charge in [0.05, 0.1) is 20.8 Å². The summed E-state index contributed by atoms with van der Waals surface area (Å²) in [6.07, 6.45) is 2.77. The van der Waals surface area contributed by atoms with Gasteiger partial charge in [0.1, 0.15) is 0 Å². The first-order valence-electron chi connectivity index (χ1n) is 10.1. The van der Waals surface area contributed by atoms with Gasteiger partial charge in [0, 0.05) is 0 Å². The summed E-state index contributed by atoms with van der Waals surface area (Å²) in [6.45, 7) is 1.91. The van der Waals surface area contributed by atoms with Gasteiger partial charge in [0.25, 0.3) is 0 Å². The lowest BCUT2D eigenvalue weighted by atomic mass is 10.1. The Hall–Kier alpha value is -2.26. The van der Waals surface area contributed by atoms with Gasteiger partial charge in [-0.15, -0.1) is 4.98 Å². The van der Waals surface area contributed by atoms with E-state index >= 15 is 0 Å². The predicted molar refractivity (Wildman–Crippen MR) is 111 cm³/mol. The zero-order valence-corrected chi connectivity index (χ0v) is 20.1. The molecule has 1 rings (SSSR count). The van der Waals surface area contributed by atoms with Gasteiger partial charge < -0.3 is 19.5 Å². The average molecular weight is 505 g/mol. The zero-order valence-electron chi connectivity index (χ0n) is 19.3. The Morgan fingerprint density at radius 3 is 1.91 bits per heavy atom. The summed E-state index contributed by atoms with van der Waals surface area (Å²) in [5, 5.41) is 2.75. The first-order valence-corrected chi connectivity index (χ1v) is 11.5. The minimum Gasteiger partial charge on any atom is -0.467 e. The highest BCUT2D eigenvalue weighted by Gasteiger charge is 2.50. The van der Waals surface area contributed by atoms with E-state index in [0.29, 0.717) is 6.42 Å². The van der Waals surface area contributed by atoms with Crippen LogP contribution < -0.4 is 14.8 Å². The highest BCUT2D eigenvalue weighted by molar-refractivity contribution is 7.87. The Labute approximate surface area is 191 Å². The molecule has 33 heavy (non-hydrogen) atoms. The smallest absolute Gasteiger partial charge is 0.467 e. The Morgan fingerprint density at radius 2 is 1.45 bits per heavy atom. The number of hydrogen-bond acceptors (Lipinski definition) is 11. The van der Waals surface area contributed by atoms with Crippen molar-refractivity contribution in [3.8, 4) is 12.0 Å². The Balaban J connectivity index is 0.00000322. The molecule has 0 fully saturated rings. The van der Waals surface area contributed by atoms with Crippen molar-refractivity contribution in [2.45, 2.75) is 57.1 Å². The normalized spacial score (nSPS) is 12.4. The quantitative estimate of drug-likeness (QED) is 0.183. The number of hydrogen-bond donors (Lipinski definition) is 1. The lowest BCUT2D eigenvalue weighted by molar-refractivity contribution is -0.153. The molecule has 1 N–H and O–H groups in total. The number of unbranched alkanes of at least 4 members (excludes halogenated alkanes) is 5. The molecule has 1 heterocycles. The van der Waals surface area contributed by atoms with Crippen LogP contribution in [0.5, 0.6) is 12.0 Å². The van der Waals surface area contributed by atoms with E-state index in [1.165, 1.54) is 0 Å². The van der Waals surface area contributed by atoms with Crippen molar-refractivity contribution in [2.24, 2.45) is 0 Å². The first-order chi connectivity index (χ1) is 15.5. The lowest BCUT2D eigenvalue weighted by Crippen LogP contribution is -2.31. The van der Waals surface area contributed by atoms with Gasteiger partial charge in [-0.05, 0) is 20.5 Å². The van der Waals surface area contributed by atoms with E-state index in [1.807, 2.05) is 14.1 Å². The average Bonchev–Trinajstić information content (AvgIpc) is 2.76. The fraction of sp³-hybridized carbons (Fsp3) is 0.778. The topological polar surface area (TPSA) is 139 Å². The number of carbonyl (C=O) groups is 1. The molecule has 11 nitrogen and oxygen atoms in total. The van der Waals surface area contributed by atoms with Gasteiger partial charge in [0.15, 0.2) is 5.82 Å². The maximum atomic E-state index is 12.8. The fourth-order valence-corrected chi connectivity index (χ4v) is 2.68. The second kappa shape index (κ2) is 15.6. The maximum absolute atomic E-state index is 12.8. The molecule has 0 saturated heterocycles. The second-order valence-electron chi connectivity index (χ2n) is 6.48. The maximum Gasteiger partial charge on any atom is 0.523 e. The van der Waals surface area contributed by atoms with Crippen LogP contribution in [-0.2, 0) is 23.8 Å². The number of methoxy groups -OCH3 is 2. The van der Waals surface area contributed by atoms with Crippen LogP contribution in [0.3, 0.4) is 0 Å². The molecule has 0 saturated carbocycles. The van der Waals surface area contributed by atoms with Crippen molar-refractivity contribution in [3.63, 3.8) is 0 Å². The molecule has 0 aliphatic carbocycles. The van der Waals surface area contributed by atoms with Crippen LogP contribution in [0.25, 0.3) is 0 Å². The van der Waals surface area contributed by atoms with Crippen LogP contribution in [0.2, 0.25) is 0 Å². The molecule has 0 aliphatic heterocycles. The summed E-state index contributed by atoms with van der Waals surface area (Å²) >= 11 is 0. The van der Waals surface area contributed by atoms with Gasteiger partial charge in [0.2, 0.25) is 6.10 Å². The molecular weight excluding hydrogens is 473 g/mol.